The van der Waals surface area contributed by atoms with Crippen molar-refractivity contribution in [1.29, 1.82) is 0 Å². The quantitative estimate of drug-likeness (QED) is 0.843. The molecule has 1 radical (unpaired) electrons. The molecule has 81 valence electrons. The van der Waals surface area contributed by atoms with Gasteiger partial charge in [0.25, 0.3) is 0 Å². The highest BCUT2D eigenvalue weighted by atomic mass is 16.5. The van der Waals surface area contributed by atoms with Crippen LogP contribution in [0, 0.1) is 6.61 Å². The van der Waals surface area contributed by atoms with Gasteiger partial charge in [0.05, 0.1) is 11.9 Å². The fraction of sp³-hybridized carbons (Fsp3) is 0.0833. The van der Waals surface area contributed by atoms with E-state index in [0.717, 1.165) is 10.9 Å². The van der Waals surface area contributed by atoms with Crippen molar-refractivity contribution in [2.75, 3.05) is 0 Å². The third-order valence-electron chi connectivity index (χ3n) is 2.10. The molecule has 2 N–H and O–H groups in total. The minimum Gasteiger partial charge on any atom is -0.485 e. The lowest BCUT2D eigenvalue weighted by atomic mass is 10.2. The van der Waals surface area contributed by atoms with Crippen LogP contribution in [0.15, 0.2) is 36.5 Å². The van der Waals surface area contributed by atoms with Crippen molar-refractivity contribution >= 4 is 16.8 Å². The van der Waals surface area contributed by atoms with E-state index in [-0.39, 0.29) is 6.42 Å². The van der Waals surface area contributed by atoms with E-state index in [9.17, 15) is 4.79 Å². The lowest BCUT2D eigenvalue weighted by Gasteiger charge is -2.06. The fourth-order valence-corrected chi connectivity index (χ4v) is 1.39. The van der Waals surface area contributed by atoms with Crippen LogP contribution in [-0.2, 0) is 4.79 Å². The molecule has 1 amide bonds. The smallest absolute Gasteiger partial charge is 0.221 e. The largest absolute Gasteiger partial charge is 0.485 e. The Kier molecular flexibility index (Phi) is 3.00. The number of hydrogen-bond donors (Lipinski definition) is 1. The highest BCUT2D eigenvalue weighted by Crippen LogP contribution is 2.23. The molecule has 0 spiro atoms. The molecule has 16 heavy (non-hydrogen) atoms. The minimum atomic E-state index is -0.418. The number of fused-ring (bicyclic) bond motifs is 1. The van der Waals surface area contributed by atoms with Gasteiger partial charge in [-0.3, -0.25) is 9.78 Å². The maximum absolute atomic E-state index is 10.6. The van der Waals surface area contributed by atoms with Gasteiger partial charge in [0.15, 0.2) is 0 Å². The molecule has 0 saturated heterocycles. The topological polar surface area (TPSA) is 65.2 Å². The Labute approximate surface area is 93.0 Å². The standard InChI is InChI=1S/C12H11N2O2/c13-12(15)6-8-16-11-5-7-14-10-4-2-1-3-9(10)11/h1-5,7-8H,6H2,(H2,13,15). The molecule has 0 fully saturated rings. The molecule has 4 heteroatoms. The summed E-state index contributed by atoms with van der Waals surface area (Å²) < 4.78 is 5.36. The highest BCUT2D eigenvalue weighted by molar-refractivity contribution is 5.84. The van der Waals surface area contributed by atoms with E-state index in [1.54, 1.807) is 12.3 Å². The predicted molar refractivity (Wildman–Crippen MR) is 60.5 cm³/mol. The number of aromatic nitrogens is 1. The number of carbonyl (C=O) groups is 1. The Hall–Kier alpha value is -2.10. The summed E-state index contributed by atoms with van der Waals surface area (Å²) >= 11 is 0. The van der Waals surface area contributed by atoms with Gasteiger partial charge in [-0.25, -0.2) is 0 Å². The highest BCUT2D eigenvalue weighted by Gasteiger charge is 2.03. The van der Waals surface area contributed by atoms with Crippen LogP contribution in [-0.4, -0.2) is 10.9 Å². The first-order chi connectivity index (χ1) is 7.77. The van der Waals surface area contributed by atoms with Crippen LogP contribution < -0.4 is 10.5 Å². The van der Waals surface area contributed by atoms with Gasteiger partial charge in [-0.1, -0.05) is 12.1 Å². The average molecular weight is 215 g/mol. The number of primary amides is 1. The van der Waals surface area contributed by atoms with Gasteiger partial charge in [0, 0.05) is 11.6 Å². The molecule has 1 aromatic heterocycles. The van der Waals surface area contributed by atoms with Crippen molar-refractivity contribution in [2.24, 2.45) is 5.73 Å². The van der Waals surface area contributed by atoms with Crippen LogP contribution in [0.25, 0.3) is 10.9 Å². The zero-order valence-corrected chi connectivity index (χ0v) is 8.59. The molecule has 4 nitrogen and oxygen atoms in total. The lowest BCUT2D eigenvalue weighted by Crippen LogP contribution is -2.11. The first-order valence-corrected chi connectivity index (χ1v) is 4.88. The molecule has 2 aromatic rings. The average Bonchev–Trinajstić information content (AvgIpc) is 2.29. The third kappa shape index (κ3) is 2.28. The van der Waals surface area contributed by atoms with E-state index in [0.29, 0.717) is 5.75 Å². The van der Waals surface area contributed by atoms with Crippen LogP contribution in [0.4, 0.5) is 0 Å². The Morgan fingerprint density at radius 3 is 3.00 bits per heavy atom. The summed E-state index contributed by atoms with van der Waals surface area (Å²) in [6.07, 6.45) is 1.76. The molecule has 0 saturated carbocycles. The number of carbonyl (C=O) groups excluding carboxylic acids is 1. The van der Waals surface area contributed by atoms with Crippen LogP contribution in [0.1, 0.15) is 6.42 Å². The van der Waals surface area contributed by atoms with Crippen molar-refractivity contribution in [2.45, 2.75) is 6.42 Å². The minimum absolute atomic E-state index is 0.0939. The summed E-state index contributed by atoms with van der Waals surface area (Å²) in [6, 6.07) is 9.38. The van der Waals surface area contributed by atoms with E-state index in [1.807, 2.05) is 24.3 Å². The Morgan fingerprint density at radius 2 is 2.19 bits per heavy atom. The lowest BCUT2D eigenvalue weighted by molar-refractivity contribution is -0.117. The monoisotopic (exact) mass is 215 g/mol. The van der Waals surface area contributed by atoms with Crippen molar-refractivity contribution in [3.05, 3.63) is 43.1 Å². The van der Waals surface area contributed by atoms with Crippen LogP contribution >= 0.6 is 0 Å². The Morgan fingerprint density at radius 1 is 1.38 bits per heavy atom. The summed E-state index contributed by atoms with van der Waals surface area (Å²) in [5, 5.41) is 0.908. The molecule has 0 bridgehead atoms. The van der Waals surface area contributed by atoms with E-state index in [1.165, 1.54) is 6.61 Å². The number of hydrogen-bond acceptors (Lipinski definition) is 3. The summed E-state index contributed by atoms with van der Waals surface area (Å²) in [5.41, 5.74) is 5.86. The number of nitrogens with two attached hydrogens (primary N) is 1. The zero-order valence-electron chi connectivity index (χ0n) is 8.59. The molecule has 0 aliphatic carbocycles. The molecule has 1 aromatic carbocycles. The van der Waals surface area contributed by atoms with E-state index >= 15 is 0 Å². The molecule has 0 unspecified atom stereocenters. The van der Waals surface area contributed by atoms with Gasteiger partial charge in [-0.2, -0.15) is 0 Å². The summed E-state index contributed by atoms with van der Waals surface area (Å²) in [4.78, 5) is 14.8. The van der Waals surface area contributed by atoms with Crippen molar-refractivity contribution in [3.8, 4) is 5.75 Å². The van der Waals surface area contributed by atoms with Gasteiger partial charge in [0.2, 0.25) is 5.91 Å². The van der Waals surface area contributed by atoms with Gasteiger partial charge in [0.1, 0.15) is 12.4 Å². The molecule has 0 aliphatic rings. The SMILES string of the molecule is NC(=O)C[CH]Oc1ccnc2ccccc12. The number of nitrogens with zero attached hydrogens (tertiary/aromatic N) is 1. The third-order valence-corrected chi connectivity index (χ3v) is 2.10. The van der Waals surface area contributed by atoms with Crippen LogP contribution in [0.3, 0.4) is 0 Å². The molecule has 1 heterocycles. The normalized spacial score (nSPS) is 10.2. The second-order valence-corrected chi connectivity index (χ2v) is 3.28. The van der Waals surface area contributed by atoms with E-state index < -0.39 is 5.91 Å². The number of para-hydroxylation sites is 1. The second kappa shape index (κ2) is 4.61. The summed E-state index contributed by atoms with van der Waals surface area (Å²) in [6.45, 7) is 1.39. The first-order valence-electron chi connectivity index (χ1n) is 4.88. The van der Waals surface area contributed by atoms with Gasteiger partial charge >= 0.3 is 0 Å². The van der Waals surface area contributed by atoms with Crippen LogP contribution in [0.2, 0.25) is 0 Å². The molecule has 0 atom stereocenters. The molecular formula is C12H11N2O2. The van der Waals surface area contributed by atoms with Crippen molar-refractivity contribution in [1.82, 2.24) is 4.98 Å². The number of amides is 1. The maximum Gasteiger partial charge on any atom is 0.221 e. The first kappa shape index (κ1) is 10.4. The Bertz CT molecular complexity index is 506. The van der Waals surface area contributed by atoms with E-state index in [2.05, 4.69) is 4.98 Å². The summed E-state index contributed by atoms with van der Waals surface area (Å²) in [7, 11) is 0. The molecule has 0 aliphatic heterocycles. The number of ether oxygens (including phenoxy) is 1. The summed E-state index contributed by atoms with van der Waals surface area (Å²) in [5.74, 6) is 0.255. The van der Waals surface area contributed by atoms with Gasteiger partial charge in [-0.05, 0) is 18.2 Å². The van der Waals surface area contributed by atoms with Crippen LogP contribution in [0.5, 0.6) is 5.75 Å². The number of rotatable bonds is 4. The zero-order chi connectivity index (χ0) is 11.4. The van der Waals surface area contributed by atoms with Gasteiger partial charge in [-0.15, -0.1) is 0 Å². The maximum atomic E-state index is 10.6. The van der Waals surface area contributed by atoms with Crippen molar-refractivity contribution < 1.29 is 9.53 Å². The van der Waals surface area contributed by atoms with Crippen molar-refractivity contribution in [3.63, 3.8) is 0 Å². The van der Waals surface area contributed by atoms with E-state index in [4.69, 9.17) is 10.5 Å². The fourth-order valence-electron chi connectivity index (χ4n) is 1.39. The molecular weight excluding hydrogens is 204 g/mol. The number of pyridine rings is 1. The molecule has 2 rings (SSSR count). The predicted octanol–water partition coefficient (Wildman–Crippen LogP) is 1.65. The Balaban J connectivity index is 2.20. The number of benzene rings is 1. The second-order valence-electron chi connectivity index (χ2n) is 3.28. The van der Waals surface area contributed by atoms with Gasteiger partial charge < -0.3 is 10.5 Å².